The van der Waals surface area contributed by atoms with Gasteiger partial charge in [0.1, 0.15) is 18.0 Å². The third kappa shape index (κ3) is 5.27. The van der Waals surface area contributed by atoms with Gasteiger partial charge in [0.25, 0.3) is 0 Å². The van der Waals surface area contributed by atoms with E-state index in [2.05, 4.69) is 5.32 Å². The first-order valence-electron chi connectivity index (χ1n) is 8.34. The quantitative estimate of drug-likeness (QED) is 0.845. The molecule has 7 nitrogen and oxygen atoms in total. The van der Waals surface area contributed by atoms with Crippen molar-refractivity contribution in [1.29, 1.82) is 0 Å². The Hall–Kier alpha value is -2.44. The molecule has 25 heavy (non-hydrogen) atoms. The number of nitrogens with zero attached hydrogens (tertiary/aromatic N) is 1. The van der Waals surface area contributed by atoms with Crippen LogP contribution in [0.15, 0.2) is 18.2 Å². The van der Waals surface area contributed by atoms with Crippen molar-refractivity contribution in [3.8, 4) is 5.75 Å². The van der Waals surface area contributed by atoms with Gasteiger partial charge in [-0.3, -0.25) is 0 Å². The van der Waals surface area contributed by atoms with Crippen molar-refractivity contribution in [3.63, 3.8) is 0 Å². The molecule has 0 saturated heterocycles. The smallest absolute Gasteiger partial charge is 0.408 e. The number of hydrogen-bond donors (Lipinski definition) is 1. The van der Waals surface area contributed by atoms with E-state index in [0.29, 0.717) is 24.5 Å². The van der Waals surface area contributed by atoms with Gasteiger partial charge in [0, 0.05) is 13.6 Å². The molecule has 1 aliphatic heterocycles. The Morgan fingerprint density at radius 1 is 1.36 bits per heavy atom. The molecule has 138 valence electrons. The van der Waals surface area contributed by atoms with Gasteiger partial charge in [-0.05, 0) is 45.9 Å². The number of esters is 1. The van der Waals surface area contributed by atoms with Crippen LogP contribution in [0.5, 0.6) is 5.75 Å². The highest BCUT2D eigenvalue weighted by atomic mass is 16.6. The molecule has 1 aromatic rings. The Kier molecular flexibility index (Phi) is 5.77. The van der Waals surface area contributed by atoms with Gasteiger partial charge in [0.15, 0.2) is 0 Å². The number of carbonyl (C=O) groups is 2. The molecule has 0 radical (unpaired) electrons. The number of anilines is 1. The van der Waals surface area contributed by atoms with Crippen molar-refractivity contribution in [3.05, 3.63) is 23.8 Å². The van der Waals surface area contributed by atoms with Crippen LogP contribution >= 0.6 is 0 Å². The third-order valence-corrected chi connectivity index (χ3v) is 3.54. The molecule has 1 heterocycles. The summed E-state index contributed by atoms with van der Waals surface area (Å²) in [5, 5.41) is 2.82. The fourth-order valence-corrected chi connectivity index (χ4v) is 2.52. The van der Waals surface area contributed by atoms with Gasteiger partial charge < -0.3 is 24.4 Å². The zero-order valence-electron chi connectivity index (χ0n) is 15.4. The monoisotopic (exact) mass is 350 g/mol. The molecule has 1 atom stereocenters. The standard InChI is InChI=1S/C18H26N2O5/c1-6-23-16(21)12-7-8-14-15(9-12)24-11-13(10-20(14)5)19-17(22)25-18(2,3)4/h7-9,13H,6,10-11H2,1-5H3,(H,19,22)/t13-/m1/s1. The molecule has 0 spiro atoms. The summed E-state index contributed by atoms with van der Waals surface area (Å²) in [6, 6.07) is 4.95. The lowest BCUT2D eigenvalue weighted by molar-refractivity contribution is 0.0490. The average molecular weight is 350 g/mol. The summed E-state index contributed by atoms with van der Waals surface area (Å²) in [5.41, 5.74) is 0.730. The van der Waals surface area contributed by atoms with Gasteiger partial charge in [0.05, 0.1) is 23.9 Å². The lowest BCUT2D eigenvalue weighted by atomic mass is 10.1. The van der Waals surface area contributed by atoms with E-state index in [1.54, 1.807) is 19.1 Å². The normalized spacial score (nSPS) is 17.0. The van der Waals surface area contributed by atoms with Crippen LogP contribution in [0.1, 0.15) is 38.1 Å². The summed E-state index contributed by atoms with van der Waals surface area (Å²) < 4.78 is 16.1. The Labute approximate surface area is 148 Å². The van der Waals surface area contributed by atoms with Crippen molar-refractivity contribution in [2.75, 3.05) is 31.7 Å². The topological polar surface area (TPSA) is 77.1 Å². The number of carbonyl (C=O) groups excluding carboxylic acids is 2. The third-order valence-electron chi connectivity index (χ3n) is 3.54. The molecule has 0 fully saturated rings. The first-order chi connectivity index (χ1) is 11.7. The molecule has 0 aromatic heterocycles. The minimum Gasteiger partial charge on any atom is -0.489 e. The second kappa shape index (κ2) is 7.63. The predicted octanol–water partition coefficient (Wildman–Crippen LogP) is 2.59. The first kappa shape index (κ1) is 18.9. The molecule has 1 amide bonds. The largest absolute Gasteiger partial charge is 0.489 e. The fourth-order valence-electron chi connectivity index (χ4n) is 2.52. The number of nitrogens with one attached hydrogen (secondary N) is 1. The summed E-state index contributed by atoms with van der Waals surface area (Å²) in [4.78, 5) is 25.8. The van der Waals surface area contributed by atoms with E-state index in [-0.39, 0.29) is 18.6 Å². The van der Waals surface area contributed by atoms with Crippen molar-refractivity contribution in [1.82, 2.24) is 5.32 Å². The molecule has 7 heteroatoms. The lowest BCUT2D eigenvalue weighted by Crippen LogP contribution is -2.46. The van der Waals surface area contributed by atoms with Gasteiger partial charge in [-0.1, -0.05) is 0 Å². The number of rotatable bonds is 3. The maximum absolute atomic E-state index is 12.0. The predicted molar refractivity (Wildman–Crippen MR) is 94.3 cm³/mol. The molecule has 0 aliphatic carbocycles. The van der Waals surface area contributed by atoms with E-state index < -0.39 is 11.7 Å². The van der Waals surface area contributed by atoms with Gasteiger partial charge in [0.2, 0.25) is 0 Å². The summed E-state index contributed by atoms with van der Waals surface area (Å²) in [6.07, 6.45) is -0.479. The molecule has 1 aromatic carbocycles. The number of hydrogen-bond acceptors (Lipinski definition) is 6. The van der Waals surface area contributed by atoms with Crippen molar-refractivity contribution >= 4 is 17.7 Å². The van der Waals surface area contributed by atoms with E-state index in [0.717, 1.165) is 5.69 Å². The molecular weight excluding hydrogens is 324 g/mol. The molecule has 0 unspecified atom stereocenters. The highest BCUT2D eigenvalue weighted by Gasteiger charge is 2.25. The van der Waals surface area contributed by atoms with Crippen LogP contribution in [-0.4, -0.2) is 50.5 Å². The fraction of sp³-hybridized carbons (Fsp3) is 0.556. The van der Waals surface area contributed by atoms with E-state index in [9.17, 15) is 9.59 Å². The number of likely N-dealkylation sites (N-methyl/N-ethyl adjacent to an activating group) is 1. The van der Waals surface area contributed by atoms with E-state index in [4.69, 9.17) is 14.2 Å². The Morgan fingerprint density at radius 2 is 2.08 bits per heavy atom. The van der Waals surface area contributed by atoms with Crippen LogP contribution in [-0.2, 0) is 9.47 Å². The summed E-state index contributed by atoms with van der Waals surface area (Å²) >= 11 is 0. The molecule has 1 N–H and O–H groups in total. The van der Waals surface area contributed by atoms with Gasteiger partial charge in [-0.15, -0.1) is 0 Å². The zero-order valence-corrected chi connectivity index (χ0v) is 15.4. The molecule has 0 bridgehead atoms. The molecular formula is C18H26N2O5. The van der Waals surface area contributed by atoms with Crippen LogP contribution in [0, 0.1) is 0 Å². The van der Waals surface area contributed by atoms with E-state index >= 15 is 0 Å². The summed E-state index contributed by atoms with van der Waals surface area (Å²) in [5.74, 6) is 0.200. The lowest BCUT2D eigenvalue weighted by Gasteiger charge is -2.25. The van der Waals surface area contributed by atoms with Gasteiger partial charge >= 0.3 is 12.1 Å². The highest BCUT2D eigenvalue weighted by Crippen LogP contribution is 2.31. The van der Waals surface area contributed by atoms with Crippen LogP contribution in [0.2, 0.25) is 0 Å². The minimum atomic E-state index is -0.556. The van der Waals surface area contributed by atoms with Crippen LogP contribution in [0.4, 0.5) is 10.5 Å². The zero-order chi connectivity index (χ0) is 18.6. The first-order valence-corrected chi connectivity index (χ1v) is 8.34. The Balaban J connectivity index is 2.08. The van der Waals surface area contributed by atoms with Crippen LogP contribution in [0.3, 0.4) is 0 Å². The molecule has 0 saturated carbocycles. The Morgan fingerprint density at radius 3 is 2.72 bits per heavy atom. The van der Waals surface area contributed by atoms with Crippen molar-refractivity contribution < 1.29 is 23.8 Å². The summed E-state index contributed by atoms with van der Waals surface area (Å²) in [6.45, 7) is 8.37. The number of fused-ring (bicyclic) bond motifs is 1. The number of alkyl carbamates (subject to hydrolysis) is 1. The highest BCUT2D eigenvalue weighted by molar-refractivity contribution is 5.91. The maximum atomic E-state index is 12.0. The second-order valence-electron chi connectivity index (χ2n) is 6.94. The summed E-state index contributed by atoms with van der Waals surface area (Å²) in [7, 11) is 1.90. The Bertz CT molecular complexity index is 639. The SMILES string of the molecule is CCOC(=O)c1ccc2c(c1)OC[C@H](NC(=O)OC(C)(C)C)CN2C. The maximum Gasteiger partial charge on any atom is 0.408 e. The van der Waals surface area contributed by atoms with E-state index in [1.165, 1.54) is 0 Å². The van der Waals surface area contributed by atoms with Crippen molar-refractivity contribution in [2.24, 2.45) is 0 Å². The number of benzene rings is 1. The van der Waals surface area contributed by atoms with Crippen LogP contribution < -0.4 is 15.0 Å². The van der Waals surface area contributed by atoms with E-state index in [1.807, 2.05) is 38.8 Å². The number of ether oxygens (including phenoxy) is 3. The number of amides is 1. The van der Waals surface area contributed by atoms with Gasteiger partial charge in [-0.2, -0.15) is 0 Å². The molecule has 2 rings (SSSR count). The van der Waals surface area contributed by atoms with Crippen LogP contribution in [0.25, 0.3) is 0 Å². The van der Waals surface area contributed by atoms with Gasteiger partial charge in [-0.25, -0.2) is 9.59 Å². The minimum absolute atomic E-state index is 0.238. The van der Waals surface area contributed by atoms with Crippen molar-refractivity contribution in [2.45, 2.75) is 39.3 Å². The second-order valence-corrected chi connectivity index (χ2v) is 6.94. The molecule has 1 aliphatic rings. The average Bonchev–Trinajstić information content (AvgIpc) is 2.64.